The lowest BCUT2D eigenvalue weighted by molar-refractivity contribution is -0.137. The van der Waals surface area contributed by atoms with Crippen LogP contribution in [0.3, 0.4) is 0 Å². The van der Waals surface area contributed by atoms with Gasteiger partial charge in [0, 0.05) is 29.2 Å². The van der Waals surface area contributed by atoms with Crippen LogP contribution < -0.4 is 20.3 Å². The molecule has 32 heavy (non-hydrogen) atoms. The van der Waals surface area contributed by atoms with Crippen molar-refractivity contribution < 1.29 is 22.7 Å². The first kappa shape index (κ1) is 24.1. The number of halogens is 4. The summed E-state index contributed by atoms with van der Waals surface area (Å²) in [5, 5.41) is 5.12. The summed E-state index contributed by atoms with van der Waals surface area (Å²) >= 11 is 8.53. The number of ether oxygens (including phenoxy) is 1. The van der Waals surface area contributed by atoms with E-state index in [1.165, 1.54) is 19.3 Å². The molecule has 1 saturated heterocycles. The van der Waals surface area contributed by atoms with Crippen LogP contribution in [0.4, 0.5) is 24.5 Å². The second-order valence-electron chi connectivity index (χ2n) is 7.09. The number of benzene rings is 2. The number of methoxy groups -OCH3 is 1. The van der Waals surface area contributed by atoms with E-state index >= 15 is 0 Å². The minimum Gasteiger partial charge on any atom is -0.496 e. The first-order chi connectivity index (χ1) is 15.2. The highest BCUT2D eigenvalue weighted by Gasteiger charge is 2.31. The van der Waals surface area contributed by atoms with E-state index in [0.29, 0.717) is 17.0 Å². The molecule has 0 spiro atoms. The van der Waals surface area contributed by atoms with Crippen molar-refractivity contribution in [1.29, 1.82) is 0 Å². The van der Waals surface area contributed by atoms with Gasteiger partial charge in [-0.3, -0.25) is 10.1 Å². The maximum atomic E-state index is 13.2. The molecule has 0 atom stereocenters. The van der Waals surface area contributed by atoms with Crippen LogP contribution in [0.25, 0.3) is 6.08 Å². The van der Waals surface area contributed by atoms with E-state index in [9.17, 15) is 18.0 Å². The SMILES string of the molecule is COc1ccc(Br)cc1C=CC(=O)NC(=S)Nc1cc(C(F)(F)F)ccc1N1CCCC1. The van der Waals surface area contributed by atoms with E-state index in [2.05, 4.69) is 26.6 Å². The van der Waals surface area contributed by atoms with E-state index in [-0.39, 0.29) is 10.8 Å². The van der Waals surface area contributed by atoms with Crippen LogP contribution in [0.15, 0.2) is 46.9 Å². The number of nitrogens with zero attached hydrogens (tertiary/aromatic N) is 1. The Morgan fingerprint density at radius 3 is 2.56 bits per heavy atom. The Hall–Kier alpha value is -2.59. The average Bonchev–Trinajstić information content (AvgIpc) is 3.26. The molecule has 5 nitrogen and oxygen atoms in total. The molecule has 0 radical (unpaired) electrons. The monoisotopic (exact) mass is 527 g/mol. The fourth-order valence-electron chi connectivity index (χ4n) is 3.35. The number of hydrogen-bond acceptors (Lipinski definition) is 4. The van der Waals surface area contributed by atoms with E-state index in [4.69, 9.17) is 17.0 Å². The highest BCUT2D eigenvalue weighted by molar-refractivity contribution is 9.10. The minimum atomic E-state index is -4.49. The molecule has 1 aliphatic rings. The smallest absolute Gasteiger partial charge is 0.416 e. The molecule has 1 amide bonds. The topological polar surface area (TPSA) is 53.6 Å². The Kier molecular flexibility index (Phi) is 7.78. The first-order valence-electron chi connectivity index (χ1n) is 9.77. The Labute approximate surface area is 197 Å². The molecule has 0 aromatic heterocycles. The summed E-state index contributed by atoms with van der Waals surface area (Å²) in [7, 11) is 1.52. The molecule has 1 fully saturated rings. The molecule has 1 aliphatic heterocycles. The Balaban J connectivity index is 1.73. The van der Waals surface area contributed by atoms with Gasteiger partial charge >= 0.3 is 6.18 Å². The molecule has 2 aromatic carbocycles. The maximum Gasteiger partial charge on any atom is 0.416 e. The molecule has 2 aromatic rings. The number of anilines is 2. The lowest BCUT2D eigenvalue weighted by Crippen LogP contribution is -2.33. The van der Waals surface area contributed by atoms with Gasteiger partial charge in [0.15, 0.2) is 5.11 Å². The highest BCUT2D eigenvalue weighted by atomic mass is 79.9. The molecule has 0 aliphatic carbocycles. The van der Waals surface area contributed by atoms with E-state index in [0.717, 1.165) is 42.5 Å². The summed E-state index contributed by atoms with van der Waals surface area (Å²) in [6.45, 7) is 1.49. The average molecular weight is 528 g/mol. The number of rotatable bonds is 5. The van der Waals surface area contributed by atoms with Crippen molar-refractivity contribution in [2.75, 3.05) is 30.4 Å². The van der Waals surface area contributed by atoms with Gasteiger partial charge in [-0.05, 0) is 67.5 Å². The molecule has 2 N–H and O–H groups in total. The second-order valence-corrected chi connectivity index (χ2v) is 8.41. The summed E-state index contributed by atoms with van der Waals surface area (Å²) in [5.74, 6) is 0.0522. The fourth-order valence-corrected chi connectivity index (χ4v) is 3.94. The van der Waals surface area contributed by atoms with E-state index < -0.39 is 17.6 Å². The second kappa shape index (κ2) is 10.4. The number of amides is 1. The summed E-state index contributed by atoms with van der Waals surface area (Å²) in [4.78, 5) is 14.3. The fraction of sp³-hybridized carbons (Fsp3) is 0.273. The zero-order valence-corrected chi connectivity index (χ0v) is 19.5. The molecule has 1 heterocycles. The zero-order valence-electron chi connectivity index (χ0n) is 17.1. The van der Waals surface area contributed by atoms with Crippen molar-refractivity contribution in [2.24, 2.45) is 0 Å². The number of nitrogens with one attached hydrogen (secondary N) is 2. The number of carbonyl (C=O) groups excluding carboxylic acids is 1. The summed E-state index contributed by atoms with van der Waals surface area (Å²) in [6, 6.07) is 8.83. The van der Waals surface area contributed by atoms with Crippen molar-refractivity contribution in [2.45, 2.75) is 19.0 Å². The molecule has 170 valence electrons. The van der Waals surface area contributed by atoms with Gasteiger partial charge in [-0.25, -0.2) is 0 Å². The van der Waals surface area contributed by atoms with Gasteiger partial charge in [-0.1, -0.05) is 15.9 Å². The normalized spacial score (nSPS) is 14.0. The van der Waals surface area contributed by atoms with Crippen LogP contribution in [0.5, 0.6) is 5.75 Å². The van der Waals surface area contributed by atoms with E-state index in [1.807, 2.05) is 11.0 Å². The summed E-state index contributed by atoms with van der Waals surface area (Å²) < 4.78 is 45.7. The third-order valence-electron chi connectivity index (χ3n) is 4.86. The Bertz CT molecular complexity index is 1040. The van der Waals surface area contributed by atoms with Crippen molar-refractivity contribution >= 4 is 56.6 Å². The molecule has 3 rings (SSSR count). The van der Waals surface area contributed by atoms with Crippen LogP contribution >= 0.6 is 28.1 Å². The quantitative estimate of drug-likeness (QED) is 0.391. The van der Waals surface area contributed by atoms with Crippen LogP contribution in [0.1, 0.15) is 24.0 Å². The van der Waals surface area contributed by atoms with Crippen molar-refractivity contribution in [3.8, 4) is 5.75 Å². The van der Waals surface area contributed by atoms with Crippen LogP contribution in [-0.4, -0.2) is 31.2 Å². The van der Waals surface area contributed by atoms with Crippen LogP contribution in [0, 0.1) is 0 Å². The number of hydrogen-bond donors (Lipinski definition) is 2. The lowest BCUT2D eigenvalue weighted by atomic mass is 10.1. The van der Waals surface area contributed by atoms with E-state index in [1.54, 1.807) is 18.2 Å². The molecule has 0 bridgehead atoms. The predicted octanol–water partition coefficient (Wildman–Crippen LogP) is 5.60. The summed E-state index contributed by atoms with van der Waals surface area (Å²) in [6.07, 6.45) is 0.265. The predicted molar refractivity (Wildman–Crippen MR) is 127 cm³/mol. The van der Waals surface area contributed by atoms with Gasteiger partial charge in [-0.2, -0.15) is 13.2 Å². The van der Waals surface area contributed by atoms with Crippen LogP contribution in [-0.2, 0) is 11.0 Å². The third kappa shape index (κ3) is 6.23. The van der Waals surface area contributed by atoms with Gasteiger partial charge in [0.2, 0.25) is 5.91 Å². The summed E-state index contributed by atoms with van der Waals surface area (Å²) in [5.41, 5.74) is 0.690. The van der Waals surface area contributed by atoms with Crippen molar-refractivity contribution in [3.05, 3.63) is 58.1 Å². The molecule has 0 unspecified atom stereocenters. The number of alkyl halides is 3. The highest BCUT2D eigenvalue weighted by Crippen LogP contribution is 2.36. The third-order valence-corrected chi connectivity index (χ3v) is 5.56. The lowest BCUT2D eigenvalue weighted by Gasteiger charge is -2.23. The minimum absolute atomic E-state index is 0.0966. The number of carbonyl (C=O) groups is 1. The number of thiocarbonyl (C=S) groups is 1. The molecular weight excluding hydrogens is 507 g/mol. The molecular formula is C22H21BrF3N3O2S. The van der Waals surface area contributed by atoms with Gasteiger partial charge < -0.3 is 15.0 Å². The molecule has 0 saturated carbocycles. The molecule has 10 heteroatoms. The van der Waals surface area contributed by atoms with Gasteiger partial charge in [0.1, 0.15) is 5.75 Å². The van der Waals surface area contributed by atoms with Gasteiger partial charge in [0.25, 0.3) is 0 Å². The van der Waals surface area contributed by atoms with Gasteiger partial charge in [0.05, 0.1) is 24.0 Å². The zero-order chi connectivity index (χ0) is 23.3. The van der Waals surface area contributed by atoms with Crippen LogP contribution in [0.2, 0.25) is 0 Å². The maximum absolute atomic E-state index is 13.2. The standard InChI is InChI=1S/C22H21BrF3N3O2S/c1-31-19-8-6-16(23)12-14(19)4-9-20(30)28-21(32)27-17-13-15(22(24,25)26)5-7-18(17)29-10-2-3-11-29/h4-9,12-13H,2-3,10-11H2,1H3,(H2,27,28,30,32). The van der Waals surface area contributed by atoms with Gasteiger partial charge in [-0.15, -0.1) is 0 Å². The van der Waals surface area contributed by atoms with Crippen molar-refractivity contribution in [3.63, 3.8) is 0 Å². The largest absolute Gasteiger partial charge is 0.496 e. The first-order valence-corrected chi connectivity index (χ1v) is 11.0. The Morgan fingerprint density at radius 1 is 1.19 bits per heavy atom. The van der Waals surface area contributed by atoms with Crippen molar-refractivity contribution in [1.82, 2.24) is 5.32 Å². The Morgan fingerprint density at radius 2 is 1.91 bits per heavy atom.